The van der Waals surface area contributed by atoms with Gasteiger partial charge in [0.2, 0.25) is 11.1 Å². The minimum Gasteiger partial charge on any atom is -0.325 e. The zero-order chi connectivity index (χ0) is 16.4. The first-order valence-corrected chi connectivity index (χ1v) is 8.11. The zero-order valence-electron chi connectivity index (χ0n) is 12.4. The number of nitrogens with zero attached hydrogens (tertiary/aromatic N) is 3. The molecule has 23 heavy (non-hydrogen) atoms. The van der Waals surface area contributed by atoms with Gasteiger partial charge in [-0.05, 0) is 25.3 Å². The molecule has 2 N–H and O–H groups in total. The Balaban J connectivity index is 1.58. The normalized spacial score (nSPS) is 13.8. The van der Waals surface area contributed by atoms with Crippen LogP contribution in [0.3, 0.4) is 0 Å². The monoisotopic (exact) mass is 333 g/mol. The van der Waals surface area contributed by atoms with E-state index >= 15 is 0 Å². The smallest absolute Gasteiger partial charge is 0.271 e. The second-order valence-electron chi connectivity index (χ2n) is 5.37. The van der Waals surface area contributed by atoms with E-state index in [0.717, 1.165) is 24.2 Å². The summed E-state index contributed by atoms with van der Waals surface area (Å²) in [5, 5.41) is 21.0. The highest BCUT2D eigenvalue weighted by atomic mass is 32.2. The molecule has 1 aliphatic rings. The second kappa shape index (κ2) is 6.37. The van der Waals surface area contributed by atoms with Gasteiger partial charge < -0.3 is 5.32 Å². The SMILES string of the molecule is Cc1ccc([N+](=O)[O-])cc1NC(=O)CSc1n[nH]c(C2CC2)n1. The third-order valence-corrected chi connectivity index (χ3v) is 4.33. The lowest BCUT2D eigenvalue weighted by Crippen LogP contribution is -2.15. The predicted octanol–water partition coefficient (Wildman–Crippen LogP) is 2.63. The van der Waals surface area contributed by atoms with Gasteiger partial charge in [-0.15, -0.1) is 5.10 Å². The summed E-state index contributed by atoms with van der Waals surface area (Å²) in [6.45, 7) is 1.78. The van der Waals surface area contributed by atoms with Gasteiger partial charge in [-0.3, -0.25) is 20.0 Å². The fourth-order valence-electron chi connectivity index (χ4n) is 2.04. The molecule has 0 bridgehead atoms. The Morgan fingerprint density at radius 3 is 3.00 bits per heavy atom. The van der Waals surface area contributed by atoms with Crippen LogP contribution in [0.2, 0.25) is 0 Å². The van der Waals surface area contributed by atoms with Crippen LogP contribution in [-0.4, -0.2) is 31.8 Å². The lowest BCUT2D eigenvalue weighted by molar-refractivity contribution is -0.384. The van der Waals surface area contributed by atoms with Gasteiger partial charge in [0.1, 0.15) is 5.82 Å². The number of benzene rings is 1. The van der Waals surface area contributed by atoms with Crippen LogP contribution in [0.5, 0.6) is 0 Å². The summed E-state index contributed by atoms with van der Waals surface area (Å²) in [5.74, 6) is 1.25. The molecule has 120 valence electrons. The molecule has 1 aliphatic carbocycles. The van der Waals surface area contributed by atoms with Gasteiger partial charge >= 0.3 is 0 Å². The van der Waals surface area contributed by atoms with E-state index in [1.54, 1.807) is 13.0 Å². The Bertz CT molecular complexity index is 757. The number of aromatic amines is 1. The van der Waals surface area contributed by atoms with Crippen LogP contribution >= 0.6 is 11.8 Å². The Morgan fingerprint density at radius 1 is 1.52 bits per heavy atom. The van der Waals surface area contributed by atoms with Crippen molar-refractivity contribution in [1.82, 2.24) is 15.2 Å². The van der Waals surface area contributed by atoms with E-state index in [1.807, 2.05) is 0 Å². The van der Waals surface area contributed by atoms with Crippen molar-refractivity contribution in [2.45, 2.75) is 30.8 Å². The number of anilines is 1. The van der Waals surface area contributed by atoms with Crippen molar-refractivity contribution in [2.24, 2.45) is 0 Å². The molecule has 1 heterocycles. The number of nitro benzene ring substituents is 1. The van der Waals surface area contributed by atoms with Crippen LogP contribution in [0.1, 0.15) is 30.1 Å². The third-order valence-electron chi connectivity index (χ3n) is 3.48. The fourth-order valence-corrected chi connectivity index (χ4v) is 2.64. The zero-order valence-corrected chi connectivity index (χ0v) is 13.2. The molecule has 1 aromatic heterocycles. The van der Waals surface area contributed by atoms with Crippen molar-refractivity contribution in [3.8, 4) is 0 Å². The average Bonchev–Trinajstić information content (AvgIpc) is 3.26. The summed E-state index contributed by atoms with van der Waals surface area (Å²) < 4.78 is 0. The Labute approximate surface area is 136 Å². The average molecular weight is 333 g/mol. The molecule has 0 saturated heterocycles. The minimum atomic E-state index is -0.489. The quantitative estimate of drug-likeness (QED) is 0.477. The second-order valence-corrected chi connectivity index (χ2v) is 6.31. The number of carbonyl (C=O) groups is 1. The largest absolute Gasteiger partial charge is 0.325 e. The van der Waals surface area contributed by atoms with Crippen LogP contribution in [-0.2, 0) is 4.79 Å². The number of hydrogen-bond acceptors (Lipinski definition) is 6. The van der Waals surface area contributed by atoms with Gasteiger partial charge in [0.25, 0.3) is 5.69 Å². The minimum absolute atomic E-state index is 0.0541. The summed E-state index contributed by atoms with van der Waals surface area (Å²) >= 11 is 1.23. The van der Waals surface area contributed by atoms with Gasteiger partial charge in [0.15, 0.2) is 0 Å². The first-order valence-electron chi connectivity index (χ1n) is 7.13. The van der Waals surface area contributed by atoms with Gasteiger partial charge in [0, 0.05) is 18.1 Å². The maximum absolute atomic E-state index is 12.0. The van der Waals surface area contributed by atoms with Crippen LogP contribution < -0.4 is 5.32 Å². The number of aryl methyl sites for hydroxylation is 1. The summed E-state index contributed by atoms with van der Waals surface area (Å²) in [6, 6.07) is 4.38. The Morgan fingerprint density at radius 2 is 2.30 bits per heavy atom. The van der Waals surface area contributed by atoms with Crippen molar-refractivity contribution in [2.75, 3.05) is 11.1 Å². The van der Waals surface area contributed by atoms with E-state index in [9.17, 15) is 14.9 Å². The standard InChI is InChI=1S/C14H15N5O3S/c1-8-2-5-10(19(21)22)6-11(8)15-12(20)7-23-14-16-13(17-18-14)9-3-4-9/h2,5-6,9H,3-4,7H2,1H3,(H,15,20)(H,16,17,18). The summed E-state index contributed by atoms with van der Waals surface area (Å²) in [7, 11) is 0. The summed E-state index contributed by atoms with van der Waals surface area (Å²) in [4.78, 5) is 26.6. The van der Waals surface area contributed by atoms with Gasteiger partial charge in [0.05, 0.1) is 16.4 Å². The molecule has 0 radical (unpaired) electrons. The molecule has 8 nitrogen and oxygen atoms in total. The number of non-ortho nitro benzene ring substituents is 1. The first kappa shape index (κ1) is 15.5. The van der Waals surface area contributed by atoms with Crippen molar-refractivity contribution < 1.29 is 9.72 Å². The lowest BCUT2D eigenvalue weighted by Gasteiger charge is -2.07. The number of nitro groups is 1. The van der Waals surface area contributed by atoms with E-state index in [0.29, 0.717) is 16.8 Å². The number of H-pyrrole nitrogens is 1. The number of nitrogens with one attached hydrogen (secondary N) is 2. The molecule has 9 heteroatoms. The highest BCUT2D eigenvalue weighted by molar-refractivity contribution is 7.99. The van der Waals surface area contributed by atoms with Crippen molar-refractivity contribution >= 4 is 29.0 Å². The van der Waals surface area contributed by atoms with E-state index in [1.165, 1.54) is 23.9 Å². The third kappa shape index (κ3) is 3.86. The molecule has 1 saturated carbocycles. The molecule has 1 aromatic carbocycles. The molecule has 1 fully saturated rings. The summed E-state index contributed by atoms with van der Waals surface area (Å²) in [6.07, 6.45) is 2.26. The highest BCUT2D eigenvalue weighted by Crippen LogP contribution is 2.38. The lowest BCUT2D eigenvalue weighted by atomic mass is 10.2. The van der Waals surface area contributed by atoms with E-state index in [-0.39, 0.29) is 17.3 Å². The van der Waals surface area contributed by atoms with Crippen LogP contribution in [0, 0.1) is 17.0 Å². The van der Waals surface area contributed by atoms with E-state index < -0.39 is 4.92 Å². The number of rotatable bonds is 6. The Hall–Kier alpha value is -2.42. The maximum atomic E-state index is 12.0. The maximum Gasteiger partial charge on any atom is 0.271 e. The van der Waals surface area contributed by atoms with E-state index in [2.05, 4.69) is 20.5 Å². The predicted molar refractivity (Wildman–Crippen MR) is 85.5 cm³/mol. The molecule has 2 aromatic rings. The highest BCUT2D eigenvalue weighted by Gasteiger charge is 2.27. The number of aromatic nitrogens is 3. The molecule has 0 unspecified atom stereocenters. The van der Waals surface area contributed by atoms with Gasteiger partial charge in [-0.25, -0.2) is 4.98 Å². The van der Waals surface area contributed by atoms with Crippen molar-refractivity contribution in [1.29, 1.82) is 0 Å². The number of hydrogen-bond donors (Lipinski definition) is 2. The van der Waals surface area contributed by atoms with E-state index in [4.69, 9.17) is 0 Å². The number of thioether (sulfide) groups is 1. The van der Waals surface area contributed by atoms with Crippen LogP contribution in [0.25, 0.3) is 0 Å². The van der Waals surface area contributed by atoms with Crippen LogP contribution in [0.4, 0.5) is 11.4 Å². The Kier molecular flexibility index (Phi) is 4.28. The van der Waals surface area contributed by atoms with Crippen molar-refractivity contribution in [3.05, 3.63) is 39.7 Å². The first-order chi connectivity index (χ1) is 11.0. The van der Waals surface area contributed by atoms with Crippen LogP contribution in [0.15, 0.2) is 23.4 Å². The molecular weight excluding hydrogens is 318 g/mol. The summed E-state index contributed by atoms with van der Waals surface area (Å²) in [5.41, 5.74) is 1.16. The number of amides is 1. The topological polar surface area (TPSA) is 114 Å². The van der Waals surface area contributed by atoms with Gasteiger partial charge in [-0.2, -0.15) is 0 Å². The molecule has 3 rings (SSSR count). The molecule has 0 spiro atoms. The fraction of sp³-hybridized carbons (Fsp3) is 0.357. The van der Waals surface area contributed by atoms with Crippen molar-refractivity contribution in [3.63, 3.8) is 0 Å². The molecular formula is C14H15N5O3S. The van der Waals surface area contributed by atoms with Gasteiger partial charge in [-0.1, -0.05) is 17.8 Å². The number of carbonyl (C=O) groups excluding carboxylic acids is 1. The molecule has 0 aliphatic heterocycles. The molecule has 0 atom stereocenters. The molecule has 1 amide bonds.